The molecule has 0 spiro atoms. The van der Waals surface area contributed by atoms with Gasteiger partial charge in [-0.3, -0.25) is 9.59 Å². The molecule has 1 fully saturated rings. The van der Waals surface area contributed by atoms with Crippen LogP contribution in [-0.2, 0) is 16.1 Å². The molecule has 1 aliphatic carbocycles. The zero-order chi connectivity index (χ0) is 19.2. The van der Waals surface area contributed by atoms with Gasteiger partial charge in [-0.1, -0.05) is 26.2 Å². The van der Waals surface area contributed by atoms with E-state index in [1.807, 2.05) is 6.92 Å². The summed E-state index contributed by atoms with van der Waals surface area (Å²) in [6, 6.07) is 4.79. The molecule has 0 atom stereocenters. The third-order valence-corrected chi connectivity index (χ3v) is 4.74. The number of amides is 1. The fourth-order valence-corrected chi connectivity index (χ4v) is 3.13. The number of esters is 1. The van der Waals surface area contributed by atoms with Crippen molar-refractivity contribution < 1.29 is 14.3 Å². The van der Waals surface area contributed by atoms with Crippen molar-refractivity contribution in [2.75, 3.05) is 13.7 Å². The van der Waals surface area contributed by atoms with E-state index in [1.54, 1.807) is 7.05 Å². The number of likely N-dealkylation sites (N-methyl/N-ethyl adjacent to an activating group) is 1. The van der Waals surface area contributed by atoms with Crippen LogP contribution in [0.4, 0.5) is 0 Å². The summed E-state index contributed by atoms with van der Waals surface area (Å²) >= 11 is 0. The Bertz CT molecular complexity index is 759. The number of rotatable bonds is 6. The summed E-state index contributed by atoms with van der Waals surface area (Å²) in [7, 11) is 1.57. The monoisotopic (exact) mass is 360 g/mol. The second-order valence-electron chi connectivity index (χ2n) is 6.51. The highest BCUT2D eigenvalue weighted by molar-refractivity contribution is 5.89. The highest BCUT2D eigenvalue weighted by Crippen LogP contribution is 2.32. The SMILES string of the molecule is CCCn1nc(C(=O)OCC(=O)N(C)C2(C#N)CCCCC2)ccc1=O. The molecule has 1 aromatic rings. The van der Waals surface area contributed by atoms with Gasteiger partial charge in [0.15, 0.2) is 12.3 Å². The number of aryl methyl sites for hydroxylation is 1. The highest BCUT2D eigenvalue weighted by Gasteiger charge is 2.39. The minimum atomic E-state index is -0.825. The molecule has 0 aliphatic heterocycles. The molecule has 0 radical (unpaired) electrons. The van der Waals surface area contributed by atoms with Crippen LogP contribution in [0.3, 0.4) is 0 Å². The molecular weight excluding hydrogens is 336 g/mol. The minimum absolute atomic E-state index is 0.0267. The van der Waals surface area contributed by atoms with Gasteiger partial charge < -0.3 is 9.64 Å². The standard InChI is InChI=1S/C18H24N4O4/c1-3-11-22-15(23)8-7-14(20-22)17(25)26-12-16(24)21(2)18(13-19)9-5-4-6-10-18/h7-8H,3-6,9-12H2,1-2H3. The van der Waals surface area contributed by atoms with Gasteiger partial charge in [0, 0.05) is 19.7 Å². The number of hydrogen-bond acceptors (Lipinski definition) is 6. The van der Waals surface area contributed by atoms with Crippen LogP contribution >= 0.6 is 0 Å². The first-order chi connectivity index (χ1) is 12.4. The molecule has 1 heterocycles. The molecule has 26 heavy (non-hydrogen) atoms. The average molecular weight is 360 g/mol. The maximum absolute atomic E-state index is 12.4. The van der Waals surface area contributed by atoms with Crippen molar-refractivity contribution in [2.24, 2.45) is 0 Å². The van der Waals surface area contributed by atoms with Crippen molar-refractivity contribution in [2.45, 2.75) is 57.5 Å². The predicted octanol–water partition coefficient (Wildman–Crippen LogP) is 1.49. The van der Waals surface area contributed by atoms with Crippen molar-refractivity contribution in [3.8, 4) is 6.07 Å². The smallest absolute Gasteiger partial charge is 0.359 e. The Morgan fingerprint density at radius 2 is 2.04 bits per heavy atom. The third kappa shape index (κ3) is 4.28. The molecule has 8 nitrogen and oxygen atoms in total. The summed E-state index contributed by atoms with van der Waals surface area (Å²) in [5.74, 6) is -1.20. The summed E-state index contributed by atoms with van der Waals surface area (Å²) in [5.41, 5.74) is -1.15. The number of nitriles is 1. The molecule has 1 aliphatic rings. The maximum Gasteiger partial charge on any atom is 0.359 e. The number of hydrogen-bond donors (Lipinski definition) is 0. The minimum Gasteiger partial charge on any atom is -0.451 e. The van der Waals surface area contributed by atoms with E-state index in [9.17, 15) is 19.6 Å². The van der Waals surface area contributed by atoms with Gasteiger partial charge >= 0.3 is 5.97 Å². The topological polar surface area (TPSA) is 105 Å². The Kier molecular flexibility index (Phi) is 6.50. The Morgan fingerprint density at radius 1 is 1.35 bits per heavy atom. The van der Waals surface area contributed by atoms with Crippen LogP contribution in [0.5, 0.6) is 0 Å². The van der Waals surface area contributed by atoms with E-state index < -0.39 is 24.0 Å². The van der Waals surface area contributed by atoms with Gasteiger partial charge in [0.25, 0.3) is 11.5 Å². The summed E-state index contributed by atoms with van der Waals surface area (Å²) in [5, 5.41) is 13.5. The van der Waals surface area contributed by atoms with E-state index >= 15 is 0 Å². The van der Waals surface area contributed by atoms with Gasteiger partial charge in [0.1, 0.15) is 5.54 Å². The Balaban J connectivity index is 2.00. The van der Waals surface area contributed by atoms with E-state index in [4.69, 9.17) is 4.74 Å². The molecule has 1 saturated carbocycles. The van der Waals surface area contributed by atoms with Gasteiger partial charge in [-0.2, -0.15) is 10.4 Å². The zero-order valence-corrected chi connectivity index (χ0v) is 15.2. The molecule has 1 aromatic heterocycles. The first-order valence-electron chi connectivity index (χ1n) is 8.87. The van der Waals surface area contributed by atoms with Crippen molar-refractivity contribution in [3.63, 3.8) is 0 Å². The Morgan fingerprint density at radius 3 is 2.65 bits per heavy atom. The van der Waals surface area contributed by atoms with Crippen LogP contribution in [0.25, 0.3) is 0 Å². The van der Waals surface area contributed by atoms with Crippen LogP contribution in [0.1, 0.15) is 55.9 Å². The van der Waals surface area contributed by atoms with Crippen molar-refractivity contribution in [1.29, 1.82) is 5.26 Å². The normalized spacial score (nSPS) is 15.7. The van der Waals surface area contributed by atoms with E-state index in [-0.39, 0.29) is 11.3 Å². The molecule has 0 aromatic carbocycles. The quantitative estimate of drug-likeness (QED) is 0.712. The van der Waals surface area contributed by atoms with Gasteiger partial charge in [-0.05, 0) is 25.3 Å². The number of ether oxygens (including phenoxy) is 1. The molecular formula is C18H24N4O4. The van der Waals surface area contributed by atoms with Crippen LogP contribution in [0.15, 0.2) is 16.9 Å². The van der Waals surface area contributed by atoms with Crippen molar-refractivity contribution in [3.05, 3.63) is 28.2 Å². The molecule has 0 bridgehead atoms. The lowest BCUT2D eigenvalue weighted by atomic mass is 9.81. The maximum atomic E-state index is 12.4. The predicted molar refractivity (Wildman–Crippen MR) is 93.3 cm³/mol. The Hall–Kier alpha value is -2.69. The van der Waals surface area contributed by atoms with E-state index in [2.05, 4.69) is 11.2 Å². The molecule has 0 N–H and O–H groups in total. The summed E-state index contributed by atoms with van der Waals surface area (Å²) in [4.78, 5) is 37.6. The number of aromatic nitrogens is 2. The highest BCUT2D eigenvalue weighted by atomic mass is 16.5. The van der Waals surface area contributed by atoms with Gasteiger partial charge in [0.2, 0.25) is 0 Å². The fraction of sp³-hybridized carbons (Fsp3) is 0.611. The van der Waals surface area contributed by atoms with Gasteiger partial charge in [0.05, 0.1) is 6.07 Å². The lowest BCUT2D eigenvalue weighted by Crippen LogP contribution is -2.51. The number of carbonyl (C=O) groups is 2. The second kappa shape index (κ2) is 8.61. The molecule has 140 valence electrons. The molecule has 2 rings (SSSR count). The third-order valence-electron chi connectivity index (χ3n) is 4.74. The molecule has 0 unspecified atom stereocenters. The fourth-order valence-electron chi connectivity index (χ4n) is 3.13. The second-order valence-corrected chi connectivity index (χ2v) is 6.51. The molecule has 8 heteroatoms. The first-order valence-corrected chi connectivity index (χ1v) is 8.87. The first kappa shape index (κ1) is 19.6. The van der Waals surface area contributed by atoms with Gasteiger partial charge in [-0.15, -0.1) is 0 Å². The van der Waals surface area contributed by atoms with E-state index in [0.717, 1.165) is 19.3 Å². The number of nitrogens with zero attached hydrogens (tertiary/aromatic N) is 4. The largest absolute Gasteiger partial charge is 0.451 e. The van der Waals surface area contributed by atoms with Crippen molar-refractivity contribution in [1.82, 2.24) is 14.7 Å². The number of carbonyl (C=O) groups excluding carboxylic acids is 2. The van der Waals surface area contributed by atoms with Crippen LogP contribution in [0, 0.1) is 11.3 Å². The summed E-state index contributed by atoms with van der Waals surface area (Å²) in [6.45, 7) is 1.82. The average Bonchev–Trinajstić information content (AvgIpc) is 2.67. The van der Waals surface area contributed by atoms with Crippen LogP contribution in [0.2, 0.25) is 0 Å². The van der Waals surface area contributed by atoms with Gasteiger partial charge in [-0.25, -0.2) is 9.48 Å². The van der Waals surface area contributed by atoms with Crippen molar-refractivity contribution >= 4 is 11.9 Å². The van der Waals surface area contributed by atoms with Crippen LogP contribution in [-0.4, -0.2) is 45.8 Å². The zero-order valence-electron chi connectivity index (χ0n) is 15.2. The lowest BCUT2D eigenvalue weighted by Gasteiger charge is -2.38. The summed E-state index contributed by atoms with van der Waals surface area (Å²) in [6.07, 6.45) is 4.80. The molecule has 1 amide bonds. The van der Waals surface area contributed by atoms with E-state index in [0.29, 0.717) is 25.8 Å². The Labute approximate surface area is 152 Å². The lowest BCUT2D eigenvalue weighted by molar-refractivity contribution is -0.138. The van der Waals surface area contributed by atoms with Crippen LogP contribution < -0.4 is 5.56 Å². The molecule has 0 saturated heterocycles. The summed E-state index contributed by atoms with van der Waals surface area (Å²) < 4.78 is 6.24. The van der Waals surface area contributed by atoms with E-state index in [1.165, 1.54) is 21.7 Å².